The number of benzene rings is 1. The van der Waals surface area contributed by atoms with Crippen LogP contribution in [0.2, 0.25) is 0 Å². The van der Waals surface area contributed by atoms with E-state index in [0.29, 0.717) is 12.3 Å². The van der Waals surface area contributed by atoms with Gasteiger partial charge in [-0.1, -0.05) is 43.2 Å². The highest BCUT2D eigenvalue weighted by molar-refractivity contribution is 5.84. The molecule has 2 fully saturated rings. The number of rotatable bonds is 7. The fourth-order valence-corrected chi connectivity index (χ4v) is 3.94. The Kier molecular flexibility index (Phi) is 6.45. The van der Waals surface area contributed by atoms with Gasteiger partial charge in [-0.15, -0.1) is 0 Å². The van der Waals surface area contributed by atoms with Crippen LogP contribution in [0.15, 0.2) is 30.3 Å². The molecule has 1 aromatic carbocycles. The van der Waals surface area contributed by atoms with E-state index in [1.165, 1.54) is 18.4 Å². The molecule has 5 nitrogen and oxygen atoms in total. The Bertz CT molecular complexity index is 570. The molecule has 1 aromatic rings. The average molecular weight is 343 g/mol. The maximum Gasteiger partial charge on any atom is 0.239 e. The normalized spacial score (nSPS) is 21.4. The minimum atomic E-state index is -0.0775. The van der Waals surface area contributed by atoms with Crippen molar-refractivity contribution >= 4 is 11.8 Å². The molecule has 25 heavy (non-hydrogen) atoms. The molecule has 3 rings (SSSR count). The second-order valence-electron chi connectivity index (χ2n) is 7.41. The monoisotopic (exact) mass is 343 g/mol. The van der Waals surface area contributed by atoms with Crippen LogP contribution in [0.1, 0.15) is 44.1 Å². The van der Waals surface area contributed by atoms with E-state index in [0.717, 1.165) is 38.9 Å². The summed E-state index contributed by atoms with van der Waals surface area (Å²) in [6.07, 6.45) is 6.31. The van der Waals surface area contributed by atoms with Crippen molar-refractivity contribution in [3.8, 4) is 0 Å². The van der Waals surface area contributed by atoms with E-state index in [1.54, 1.807) is 0 Å². The van der Waals surface area contributed by atoms with Gasteiger partial charge in [0.15, 0.2) is 0 Å². The summed E-state index contributed by atoms with van der Waals surface area (Å²) in [6, 6.07) is 10.6. The van der Waals surface area contributed by atoms with Gasteiger partial charge < -0.3 is 10.6 Å². The molecule has 1 saturated heterocycles. The number of nitrogens with one attached hydrogen (secondary N) is 2. The zero-order valence-corrected chi connectivity index (χ0v) is 14.9. The van der Waals surface area contributed by atoms with E-state index in [2.05, 4.69) is 39.8 Å². The minimum absolute atomic E-state index is 0.0131. The van der Waals surface area contributed by atoms with Crippen molar-refractivity contribution in [3.63, 3.8) is 0 Å². The molecule has 0 unspecified atom stereocenters. The summed E-state index contributed by atoms with van der Waals surface area (Å²) >= 11 is 0. The van der Waals surface area contributed by atoms with Crippen LogP contribution in [0.4, 0.5) is 0 Å². The van der Waals surface area contributed by atoms with Gasteiger partial charge in [0.2, 0.25) is 11.8 Å². The molecule has 0 aromatic heterocycles. The Morgan fingerprint density at radius 3 is 2.56 bits per heavy atom. The number of hydrogen-bond acceptors (Lipinski definition) is 3. The number of carbonyl (C=O) groups is 2. The maximum atomic E-state index is 12.1. The summed E-state index contributed by atoms with van der Waals surface area (Å²) in [5.74, 6) is 0.454. The first-order valence-electron chi connectivity index (χ1n) is 9.51. The zero-order valence-electron chi connectivity index (χ0n) is 14.9. The molecule has 2 N–H and O–H groups in total. The number of amides is 2. The van der Waals surface area contributed by atoms with Crippen LogP contribution in [0.5, 0.6) is 0 Å². The summed E-state index contributed by atoms with van der Waals surface area (Å²) in [7, 11) is 0. The Morgan fingerprint density at radius 2 is 1.80 bits per heavy atom. The average Bonchev–Trinajstić information content (AvgIpc) is 3.26. The summed E-state index contributed by atoms with van der Waals surface area (Å²) in [5, 5.41) is 5.82. The van der Waals surface area contributed by atoms with E-state index in [1.807, 2.05) is 6.07 Å². The molecular formula is C20H29N3O2. The van der Waals surface area contributed by atoms with Gasteiger partial charge in [0, 0.05) is 32.1 Å². The van der Waals surface area contributed by atoms with Gasteiger partial charge in [-0.2, -0.15) is 0 Å². The highest BCUT2D eigenvalue weighted by Crippen LogP contribution is 2.27. The van der Waals surface area contributed by atoms with E-state index >= 15 is 0 Å². The van der Waals surface area contributed by atoms with Crippen LogP contribution in [-0.4, -0.2) is 42.4 Å². The van der Waals surface area contributed by atoms with Crippen LogP contribution < -0.4 is 10.6 Å². The Hall–Kier alpha value is -1.88. The van der Waals surface area contributed by atoms with Gasteiger partial charge >= 0.3 is 0 Å². The second kappa shape index (κ2) is 8.99. The number of likely N-dealkylation sites (tertiary alicyclic amines) is 1. The molecule has 1 aliphatic carbocycles. The lowest BCUT2D eigenvalue weighted by Crippen LogP contribution is -2.43. The van der Waals surface area contributed by atoms with Crippen molar-refractivity contribution in [1.29, 1.82) is 0 Å². The topological polar surface area (TPSA) is 61.4 Å². The van der Waals surface area contributed by atoms with Gasteiger partial charge in [-0.25, -0.2) is 0 Å². The summed E-state index contributed by atoms with van der Waals surface area (Å²) < 4.78 is 0. The van der Waals surface area contributed by atoms with E-state index in [-0.39, 0.29) is 24.4 Å². The molecular weight excluding hydrogens is 314 g/mol. The number of nitrogens with zero attached hydrogens (tertiary/aromatic N) is 1. The predicted octanol–water partition coefficient (Wildman–Crippen LogP) is 2.07. The van der Waals surface area contributed by atoms with Gasteiger partial charge in [0.1, 0.15) is 0 Å². The summed E-state index contributed by atoms with van der Waals surface area (Å²) in [5.41, 5.74) is 1.30. The molecule has 5 heteroatoms. The largest absolute Gasteiger partial charge is 0.350 e. The van der Waals surface area contributed by atoms with Crippen molar-refractivity contribution in [2.45, 2.75) is 51.1 Å². The van der Waals surface area contributed by atoms with Crippen molar-refractivity contribution < 1.29 is 9.59 Å². The van der Waals surface area contributed by atoms with Gasteiger partial charge in [-0.3, -0.25) is 14.5 Å². The van der Waals surface area contributed by atoms with Crippen LogP contribution in [-0.2, 0) is 16.1 Å². The van der Waals surface area contributed by atoms with Gasteiger partial charge in [0.25, 0.3) is 0 Å². The number of hydrogen-bond donors (Lipinski definition) is 2. The fraction of sp³-hybridized carbons (Fsp3) is 0.600. The lowest BCUT2D eigenvalue weighted by Gasteiger charge is -2.17. The lowest BCUT2D eigenvalue weighted by molar-refractivity contribution is -0.126. The van der Waals surface area contributed by atoms with Crippen LogP contribution in [0, 0.1) is 5.92 Å². The molecule has 1 aliphatic heterocycles. The SMILES string of the molecule is O=C(CC1CCCC1)NCC(=O)N[C@@H]1CCN(Cc2ccccc2)C1. The molecule has 1 saturated carbocycles. The Morgan fingerprint density at radius 1 is 1.04 bits per heavy atom. The second-order valence-corrected chi connectivity index (χ2v) is 7.41. The van der Waals surface area contributed by atoms with Crippen molar-refractivity contribution in [2.75, 3.05) is 19.6 Å². The molecule has 0 spiro atoms. The van der Waals surface area contributed by atoms with Crippen molar-refractivity contribution in [3.05, 3.63) is 35.9 Å². The fourth-order valence-electron chi connectivity index (χ4n) is 3.94. The quantitative estimate of drug-likeness (QED) is 0.797. The third kappa shape index (κ3) is 5.85. The Labute approximate surface area is 150 Å². The van der Waals surface area contributed by atoms with E-state index in [4.69, 9.17) is 0 Å². The predicted molar refractivity (Wildman–Crippen MR) is 97.9 cm³/mol. The van der Waals surface area contributed by atoms with Crippen LogP contribution >= 0.6 is 0 Å². The molecule has 1 heterocycles. The van der Waals surface area contributed by atoms with Crippen LogP contribution in [0.3, 0.4) is 0 Å². The Balaban J connectivity index is 1.32. The van der Waals surface area contributed by atoms with E-state index in [9.17, 15) is 9.59 Å². The van der Waals surface area contributed by atoms with Gasteiger partial charge in [-0.05, 0) is 30.7 Å². The standard InChI is InChI=1S/C20H29N3O2/c24-19(12-16-6-4-5-7-16)21-13-20(25)22-18-10-11-23(15-18)14-17-8-2-1-3-9-17/h1-3,8-9,16,18H,4-7,10-15H2,(H,21,24)(H,22,25)/t18-/m1/s1. The third-order valence-corrected chi connectivity index (χ3v) is 5.28. The number of carbonyl (C=O) groups excluding carboxylic acids is 2. The molecule has 2 aliphatic rings. The van der Waals surface area contributed by atoms with Gasteiger partial charge in [0.05, 0.1) is 6.54 Å². The first-order chi connectivity index (χ1) is 12.2. The molecule has 2 amide bonds. The maximum absolute atomic E-state index is 12.1. The summed E-state index contributed by atoms with van der Waals surface area (Å²) in [6.45, 7) is 2.89. The minimum Gasteiger partial charge on any atom is -0.350 e. The molecule has 136 valence electrons. The highest BCUT2D eigenvalue weighted by Gasteiger charge is 2.24. The molecule has 0 radical (unpaired) electrons. The van der Waals surface area contributed by atoms with Crippen molar-refractivity contribution in [1.82, 2.24) is 15.5 Å². The molecule has 1 atom stereocenters. The van der Waals surface area contributed by atoms with E-state index < -0.39 is 0 Å². The first-order valence-corrected chi connectivity index (χ1v) is 9.51. The third-order valence-electron chi connectivity index (χ3n) is 5.28. The molecule has 0 bridgehead atoms. The lowest BCUT2D eigenvalue weighted by atomic mass is 10.0. The smallest absolute Gasteiger partial charge is 0.239 e. The van der Waals surface area contributed by atoms with Crippen molar-refractivity contribution in [2.24, 2.45) is 5.92 Å². The highest BCUT2D eigenvalue weighted by atomic mass is 16.2. The zero-order chi connectivity index (χ0) is 17.5. The first kappa shape index (κ1) is 17.9. The van der Waals surface area contributed by atoms with Crippen LogP contribution in [0.25, 0.3) is 0 Å². The summed E-state index contributed by atoms with van der Waals surface area (Å²) in [4.78, 5) is 26.3.